The van der Waals surface area contributed by atoms with E-state index in [0.29, 0.717) is 30.4 Å². The SMILES string of the molecule is COC(=O)C1(NC(=O)CCCN2C(=O)c3ccc(C)cc3C2=O)CCCCC1. The van der Waals surface area contributed by atoms with Gasteiger partial charge in [-0.3, -0.25) is 19.3 Å². The third-order valence-electron chi connectivity index (χ3n) is 5.57. The summed E-state index contributed by atoms with van der Waals surface area (Å²) in [6.07, 6.45) is 4.38. The minimum Gasteiger partial charge on any atom is -0.467 e. The van der Waals surface area contributed by atoms with E-state index < -0.39 is 11.5 Å². The molecule has 1 aliphatic heterocycles. The van der Waals surface area contributed by atoms with Crippen LogP contribution in [0, 0.1) is 6.92 Å². The smallest absolute Gasteiger partial charge is 0.331 e. The van der Waals surface area contributed by atoms with Gasteiger partial charge in [-0.15, -0.1) is 0 Å². The maximum absolute atomic E-state index is 12.5. The van der Waals surface area contributed by atoms with Gasteiger partial charge in [0.25, 0.3) is 11.8 Å². The van der Waals surface area contributed by atoms with Gasteiger partial charge in [0.05, 0.1) is 18.2 Å². The summed E-state index contributed by atoms with van der Waals surface area (Å²) in [5, 5.41) is 2.85. The number of nitrogens with zero attached hydrogens (tertiary/aromatic N) is 1. The molecule has 7 nitrogen and oxygen atoms in total. The standard InChI is InChI=1S/C21H26N2O5/c1-14-8-9-15-16(13-14)19(26)23(18(15)25)12-6-7-17(24)22-21(20(27)28-2)10-4-3-5-11-21/h8-9,13H,3-7,10-12H2,1-2H3,(H,22,24). The zero-order valence-electron chi connectivity index (χ0n) is 16.4. The Labute approximate surface area is 164 Å². The molecule has 0 spiro atoms. The summed E-state index contributed by atoms with van der Waals surface area (Å²) in [6.45, 7) is 2.04. The van der Waals surface area contributed by atoms with Gasteiger partial charge in [-0.05, 0) is 38.3 Å². The Bertz CT molecular complexity index is 811. The number of rotatable bonds is 6. The van der Waals surface area contributed by atoms with Gasteiger partial charge in [-0.2, -0.15) is 0 Å². The molecule has 3 amide bonds. The van der Waals surface area contributed by atoms with Gasteiger partial charge in [0.1, 0.15) is 5.54 Å². The highest BCUT2D eigenvalue weighted by Crippen LogP contribution is 2.29. The molecule has 0 radical (unpaired) electrons. The van der Waals surface area contributed by atoms with Crippen molar-refractivity contribution in [2.24, 2.45) is 0 Å². The van der Waals surface area contributed by atoms with Crippen molar-refractivity contribution < 1.29 is 23.9 Å². The average molecular weight is 386 g/mol. The molecule has 150 valence electrons. The second-order valence-electron chi connectivity index (χ2n) is 7.60. The maximum atomic E-state index is 12.5. The van der Waals surface area contributed by atoms with Gasteiger partial charge >= 0.3 is 5.97 Å². The van der Waals surface area contributed by atoms with E-state index in [-0.39, 0.29) is 30.7 Å². The highest BCUT2D eigenvalue weighted by atomic mass is 16.5. The molecule has 7 heteroatoms. The number of fused-ring (bicyclic) bond motifs is 1. The first-order chi connectivity index (χ1) is 13.4. The number of hydrogen-bond acceptors (Lipinski definition) is 5. The van der Waals surface area contributed by atoms with Crippen molar-refractivity contribution in [1.82, 2.24) is 10.2 Å². The highest BCUT2D eigenvalue weighted by molar-refractivity contribution is 6.21. The summed E-state index contributed by atoms with van der Waals surface area (Å²) in [5.74, 6) is -1.31. The molecule has 0 aromatic heterocycles. The molecule has 3 rings (SSSR count). The van der Waals surface area contributed by atoms with Crippen LogP contribution in [-0.2, 0) is 14.3 Å². The first-order valence-corrected chi connectivity index (χ1v) is 9.74. The lowest BCUT2D eigenvalue weighted by Gasteiger charge is -2.35. The van der Waals surface area contributed by atoms with Gasteiger partial charge in [0.2, 0.25) is 5.91 Å². The van der Waals surface area contributed by atoms with E-state index in [0.717, 1.165) is 24.8 Å². The Balaban J connectivity index is 1.56. The van der Waals surface area contributed by atoms with E-state index >= 15 is 0 Å². The molecule has 1 N–H and O–H groups in total. The van der Waals surface area contributed by atoms with Crippen LogP contribution in [-0.4, -0.2) is 47.8 Å². The van der Waals surface area contributed by atoms with E-state index in [1.165, 1.54) is 12.0 Å². The van der Waals surface area contributed by atoms with E-state index in [9.17, 15) is 19.2 Å². The van der Waals surface area contributed by atoms with Crippen LogP contribution in [0.5, 0.6) is 0 Å². The summed E-state index contributed by atoms with van der Waals surface area (Å²) in [7, 11) is 1.33. The summed E-state index contributed by atoms with van der Waals surface area (Å²) in [5.41, 5.74) is 0.798. The minimum atomic E-state index is -0.947. The lowest BCUT2D eigenvalue weighted by Crippen LogP contribution is -2.56. The monoisotopic (exact) mass is 386 g/mol. The van der Waals surface area contributed by atoms with E-state index in [2.05, 4.69) is 5.32 Å². The van der Waals surface area contributed by atoms with Gasteiger partial charge < -0.3 is 10.1 Å². The molecule has 1 saturated carbocycles. The largest absolute Gasteiger partial charge is 0.467 e. The van der Waals surface area contributed by atoms with Crippen molar-refractivity contribution in [3.63, 3.8) is 0 Å². The molecule has 1 fully saturated rings. The Morgan fingerprint density at radius 1 is 1.11 bits per heavy atom. The number of esters is 1. The zero-order chi connectivity index (χ0) is 20.3. The van der Waals surface area contributed by atoms with Gasteiger partial charge in [-0.1, -0.05) is 30.9 Å². The van der Waals surface area contributed by atoms with E-state index in [1.807, 2.05) is 6.92 Å². The topological polar surface area (TPSA) is 92.8 Å². The Hall–Kier alpha value is -2.70. The number of aryl methyl sites for hydroxylation is 1. The van der Waals surface area contributed by atoms with Crippen molar-refractivity contribution in [3.05, 3.63) is 34.9 Å². The van der Waals surface area contributed by atoms with Crippen molar-refractivity contribution in [3.8, 4) is 0 Å². The van der Waals surface area contributed by atoms with Crippen LogP contribution in [0.2, 0.25) is 0 Å². The third kappa shape index (κ3) is 3.79. The van der Waals surface area contributed by atoms with Crippen LogP contribution in [0.4, 0.5) is 0 Å². The van der Waals surface area contributed by atoms with Gasteiger partial charge in [-0.25, -0.2) is 4.79 Å². The lowest BCUT2D eigenvalue weighted by atomic mass is 9.81. The van der Waals surface area contributed by atoms with Crippen LogP contribution in [0.15, 0.2) is 18.2 Å². The summed E-state index contributed by atoms with van der Waals surface area (Å²) in [4.78, 5) is 50.7. The number of benzene rings is 1. The first-order valence-electron chi connectivity index (χ1n) is 9.74. The molecule has 2 aliphatic rings. The van der Waals surface area contributed by atoms with Crippen molar-refractivity contribution in [1.29, 1.82) is 0 Å². The molecule has 0 saturated heterocycles. The summed E-state index contributed by atoms with van der Waals surface area (Å²) < 4.78 is 4.90. The number of carbonyl (C=O) groups is 4. The fourth-order valence-corrected chi connectivity index (χ4v) is 4.07. The Kier molecular flexibility index (Phi) is 5.82. The van der Waals surface area contributed by atoms with Crippen molar-refractivity contribution >= 4 is 23.7 Å². The molecule has 28 heavy (non-hydrogen) atoms. The number of hydrogen-bond donors (Lipinski definition) is 1. The molecule has 0 bridgehead atoms. The first kappa shape index (κ1) is 20.0. The molecule has 1 heterocycles. The molecular formula is C21H26N2O5. The van der Waals surface area contributed by atoms with Crippen molar-refractivity contribution in [2.45, 2.75) is 57.4 Å². The van der Waals surface area contributed by atoms with E-state index in [4.69, 9.17) is 4.74 Å². The highest BCUT2D eigenvalue weighted by Gasteiger charge is 2.42. The number of ether oxygens (including phenoxy) is 1. The second-order valence-corrected chi connectivity index (χ2v) is 7.60. The predicted octanol–water partition coefficient (Wildman–Crippen LogP) is 2.36. The second kappa shape index (κ2) is 8.12. The average Bonchev–Trinajstić information content (AvgIpc) is 2.92. The third-order valence-corrected chi connectivity index (χ3v) is 5.57. The molecule has 1 aliphatic carbocycles. The molecule has 0 atom stereocenters. The number of imide groups is 1. The number of carbonyl (C=O) groups excluding carboxylic acids is 4. The van der Waals surface area contributed by atoms with Crippen LogP contribution in [0.25, 0.3) is 0 Å². The van der Waals surface area contributed by atoms with Gasteiger partial charge in [0.15, 0.2) is 0 Å². The predicted molar refractivity (Wildman–Crippen MR) is 102 cm³/mol. The van der Waals surface area contributed by atoms with Crippen LogP contribution in [0.1, 0.15) is 71.2 Å². The van der Waals surface area contributed by atoms with E-state index in [1.54, 1.807) is 18.2 Å². The normalized spacial score (nSPS) is 18.0. The summed E-state index contributed by atoms with van der Waals surface area (Å²) >= 11 is 0. The lowest BCUT2D eigenvalue weighted by molar-refractivity contribution is -0.152. The van der Waals surface area contributed by atoms with Crippen molar-refractivity contribution in [2.75, 3.05) is 13.7 Å². The molecule has 1 aromatic rings. The molecule has 1 aromatic carbocycles. The van der Waals surface area contributed by atoms with Crippen LogP contribution in [0.3, 0.4) is 0 Å². The number of methoxy groups -OCH3 is 1. The molecule has 0 unspecified atom stereocenters. The molecular weight excluding hydrogens is 360 g/mol. The Morgan fingerprint density at radius 3 is 2.46 bits per heavy atom. The minimum absolute atomic E-state index is 0.130. The van der Waals surface area contributed by atoms with Gasteiger partial charge in [0, 0.05) is 13.0 Å². The zero-order valence-corrected chi connectivity index (χ0v) is 16.4. The number of nitrogens with one attached hydrogen (secondary N) is 1. The fourth-order valence-electron chi connectivity index (χ4n) is 4.07. The summed E-state index contributed by atoms with van der Waals surface area (Å²) in [6, 6.07) is 5.18. The van der Waals surface area contributed by atoms with Crippen LogP contribution < -0.4 is 5.32 Å². The maximum Gasteiger partial charge on any atom is 0.331 e. The number of amides is 3. The van der Waals surface area contributed by atoms with Crippen LogP contribution >= 0.6 is 0 Å². The Morgan fingerprint density at radius 2 is 1.79 bits per heavy atom. The quantitative estimate of drug-likeness (QED) is 0.598. The fraction of sp³-hybridized carbons (Fsp3) is 0.524.